The summed E-state index contributed by atoms with van der Waals surface area (Å²) in [7, 11) is 0. The number of hydrogen-bond acceptors (Lipinski definition) is 3. The van der Waals surface area contributed by atoms with Gasteiger partial charge in [-0.25, -0.2) is 0 Å². The second-order valence-electron chi connectivity index (χ2n) is 5.09. The monoisotopic (exact) mass is 264 g/mol. The first kappa shape index (κ1) is 15.5. The molecule has 106 valence electrons. The lowest BCUT2D eigenvalue weighted by atomic mass is 10.1. The number of carbonyl (C=O) groups is 1. The summed E-state index contributed by atoms with van der Waals surface area (Å²) in [5, 5.41) is 12.4. The van der Waals surface area contributed by atoms with E-state index in [0.717, 1.165) is 12.2 Å². The molecule has 4 heteroatoms. The highest BCUT2D eigenvalue weighted by atomic mass is 16.4. The van der Waals surface area contributed by atoms with Crippen LogP contribution in [0.25, 0.3) is 0 Å². The molecule has 2 N–H and O–H groups in total. The molecular weight excluding hydrogens is 240 g/mol. The Balaban J connectivity index is 2.82. The lowest BCUT2D eigenvalue weighted by Crippen LogP contribution is -2.48. The number of likely N-dealkylation sites (N-methyl/N-ethyl adjacent to an activating group) is 1. The molecular formula is C15H24N2O2. The van der Waals surface area contributed by atoms with Gasteiger partial charge in [0.05, 0.1) is 0 Å². The number of benzene rings is 1. The van der Waals surface area contributed by atoms with Crippen molar-refractivity contribution >= 4 is 11.7 Å². The van der Waals surface area contributed by atoms with E-state index in [1.807, 2.05) is 45.9 Å². The minimum absolute atomic E-state index is 0.150. The summed E-state index contributed by atoms with van der Waals surface area (Å²) >= 11 is 0. The molecule has 0 heterocycles. The molecule has 0 radical (unpaired) electrons. The van der Waals surface area contributed by atoms with Crippen LogP contribution >= 0.6 is 0 Å². The van der Waals surface area contributed by atoms with Gasteiger partial charge in [0.1, 0.15) is 6.04 Å². The molecule has 4 nitrogen and oxygen atoms in total. The average Bonchev–Trinajstić information content (AvgIpc) is 2.33. The first-order chi connectivity index (χ1) is 8.93. The summed E-state index contributed by atoms with van der Waals surface area (Å²) in [5.74, 6) is -0.806. The van der Waals surface area contributed by atoms with Gasteiger partial charge in [-0.15, -0.1) is 0 Å². The number of anilines is 1. The Morgan fingerprint density at radius 2 is 2.11 bits per heavy atom. The van der Waals surface area contributed by atoms with E-state index in [-0.39, 0.29) is 6.04 Å². The van der Waals surface area contributed by atoms with E-state index in [1.165, 1.54) is 5.56 Å². The van der Waals surface area contributed by atoms with Crippen LogP contribution in [0, 0.1) is 6.92 Å². The summed E-state index contributed by atoms with van der Waals surface area (Å²) < 4.78 is 0. The molecule has 0 amide bonds. The zero-order valence-electron chi connectivity index (χ0n) is 12.2. The van der Waals surface area contributed by atoms with E-state index in [2.05, 4.69) is 16.3 Å². The lowest BCUT2D eigenvalue weighted by Gasteiger charge is -2.28. The fraction of sp³-hybridized carbons (Fsp3) is 0.533. The molecule has 1 aromatic carbocycles. The molecule has 1 aromatic rings. The van der Waals surface area contributed by atoms with Gasteiger partial charge in [0.15, 0.2) is 0 Å². The highest BCUT2D eigenvalue weighted by Crippen LogP contribution is 2.16. The molecule has 0 aliphatic carbocycles. The quantitative estimate of drug-likeness (QED) is 0.793. The Morgan fingerprint density at radius 3 is 2.58 bits per heavy atom. The maximum absolute atomic E-state index is 11.3. The number of carboxylic acid groups (broad SMARTS) is 1. The van der Waals surface area contributed by atoms with E-state index in [9.17, 15) is 9.90 Å². The Labute approximate surface area is 115 Å². The van der Waals surface area contributed by atoms with E-state index >= 15 is 0 Å². The summed E-state index contributed by atoms with van der Waals surface area (Å²) in [4.78, 5) is 13.4. The number of aliphatic carboxylic acids is 1. The highest BCUT2D eigenvalue weighted by molar-refractivity contribution is 5.74. The van der Waals surface area contributed by atoms with E-state index in [1.54, 1.807) is 0 Å². The van der Waals surface area contributed by atoms with Crippen LogP contribution in [0.4, 0.5) is 5.69 Å². The SMILES string of the molecule is CCN(CC(NC(C)C)C(=O)O)c1cccc(C)c1. The lowest BCUT2D eigenvalue weighted by molar-refractivity contribution is -0.139. The van der Waals surface area contributed by atoms with Crippen molar-refractivity contribution in [1.29, 1.82) is 0 Å². The zero-order valence-corrected chi connectivity index (χ0v) is 12.2. The van der Waals surface area contributed by atoms with Gasteiger partial charge in [-0.2, -0.15) is 0 Å². The first-order valence-electron chi connectivity index (χ1n) is 6.74. The Hall–Kier alpha value is -1.55. The van der Waals surface area contributed by atoms with Crippen LogP contribution in [0.2, 0.25) is 0 Å². The molecule has 0 spiro atoms. The van der Waals surface area contributed by atoms with Crippen LogP contribution < -0.4 is 10.2 Å². The smallest absolute Gasteiger partial charge is 0.322 e. The fourth-order valence-electron chi connectivity index (χ4n) is 2.07. The summed E-state index contributed by atoms with van der Waals surface area (Å²) in [5.41, 5.74) is 2.25. The number of hydrogen-bond donors (Lipinski definition) is 2. The fourth-order valence-corrected chi connectivity index (χ4v) is 2.07. The molecule has 0 aliphatic rings. The molecule has 1 unspecified atom stereocenters. The van der Waals surface area contributed by atoms with Crippen LogP contribution in [0.1, 0.15) is 26.3 Å². The standard InChI is InChI=1S/C15H24N2O2/c1-5-17(13-8-6-7-12(4)9-13)10-14(15(18)19)16-11(2)3/h6-9,11,14,16H,5,10H2,1-4H3,(H,18,19). The molecule has 1 rings (SSSR count). The van der Waals surface area contributed by atoms with E-state index in [0.29, 0.717) is 6.54 Å². The minimum atomic E-state index is -0.806. The van der Waals surface area contributed by atoms with Gasteiger partial charge in [0.25, 0.3) is 0 Å². The van der Waals surface area contributed by atoms with E-state index in [4.69, 9.17) is 0 Å². The number of rotatable bonds is 7. The number of aryl methyl sites for hydroxylation is 1. The molecule has 1 atom stereocenters. The molecule has 19 heavy (non-hydrogen) atoms. The van der Waals surface area contributed by atoms with Crippen molar-refractivity contribution in [2.24, 2.45) is 0 Å². The second-order valence-corrected chi connectivity index (χ2v) is 5.09. The van der Waals surface area contributed by atoms with Crippen LogP contribution in [0.5, 0.6) is 0 Å². The van der Waals surface area contributed by atoms with E-state index < -0.39 is 12.0 Å². The maximum Gasteiger partial charge on any atom is 0.322 e. The van der Waals surface area contributed by atoms with Crippen molar-refractivity contribution in [2.45, 2.75) is 39.8 Å². The third-order valence-corrected chi connectivity index (χ3v) is 2.98. The van der Waals surface area contributed by atoms with Crippen molar-refractivity contribution in [3.05, 3.63) is 29.8 Å². The third-order valence-electron chi connectivity index (χ3n) is 2.98. The predicted octanol–water partition coefficient (Wildman–Crippen LogP) is 2.27. The molecule has 0 aliphatic heterocycles. The molecule has 0 saturated carbocycles. The highest BCUT2D eigenvalue weighted by Gasteiger charge is 2.21. The average molecular weight is 264 g/mol. The Morgan fingerprint density at radius 1 is 1.42 bits per heavy atom. The predicted molar refractivity (Wildman–Crippen MR) is 78.8 cm³/mol. The van der Waals surface area contributed by atoms with Gasteiger partial charge in [0, 0.05) is 24.8 Å². The van der Waals surface area contributed by atoms with Crippen molar-refractivity contribution in [3.63, 3.8) is 0 Å². The number of nitrogens with one attached hydrogen (secondary N) is 1. The summed E-state index contributed by atoms with van der Waals surface area (Å²) in [6, 6.07) is 7.73. The zero-order chi connectivity index (χ0) is 14.4. The van der Waals surface area contributed by atoms with Crippen LogP contribution in [0.3, 0.4) is 0 Å². The second kappa shape index (κ2) is 7.14. The molecule has 0 fully saturated rings. The Bertz CT molecular complexity index is 418. The van der Waals surface area contributed by atoms with Gasteiger partial charge in [-0.3, -0.25) is 4.79 Å². The minimum Gasteiger partial charge on any atom is -0.480 e. The van der Waals surface area contributed by atoms with Gasteiger partial charge < -0.3 is 15.3 Å². The van der Waals surface area contributed by atoms with Crippen molar-refractivity contribution in [2.75, 3.05) is 18.0 Å². The van der Waals surface area contributed by atoms with Gasteiger partial charge in [-0.1, -0.05) is 26.0 Å². The summed E-state index contributed by atoms with van der Waals surface area (Å²) in [6.07, 6.45) is 0. The first-order valence-corrected chi connectivity index (χ1v) is 6.74. The van der Waals surface area contributed by atoms with Crippen LogP contribution in [0.15, 0.2) is 24.3 Å². The van der Waals surface area contributed by atoms with Gasteiger partial charge in [0.2, 0.25) is 0 Å². The Kier molecular flexibility index (Phi) is 5.83. The maximum atomic E-state index is 11.3. The van der Waals surface area contributed by atoms with Crippen molar-refractivity contribution in [3.8, 4) is 0 Å². The number of carboxylic acids is 1. The van der Waals surface area contributed by atoms with Gasteiger partial charge in [-0.05, 0) is 31.5 Å². The van der Waals surface area contributed by atoms with Crippen LogP contribution in [-0.2, 0) is 4.79 Å². The largest absolute Gasteiger partial charge is 0.480 e. The molecule has 0 saturated heterocycles. The third kappa shape index (κ3) is 4.91. The number of nitrogens with zero attached hydrogens (tertiary/aromatic N) is 1. The van der Waals surface area contributed by atoms with Crippen molar-refractivity contribution < 1.29 is 9.90 Å². The molecule has 0 aromatic heterocycles. The molecule has 0 bridgehead atoms. The van der Waals surface area contributed by atoms with Crippen LogP contribution in [-0.4, -0.2) is 36.2 Å². The summed E-state index contributed by atoms with van der Waals surface area (Å²) in [6.45, 7) is 9.24. The van der Waals surface area contributed by atoms with Crippen molar-refractivity contribution in [1.82, 2.24) is 5.32 Å². The van der Waals surface area contributed by atoms with Gasteiger partial charge >= 0.3 is 5.97 Å². The normalized spacial score (nSPS) is 12.5. The topological polar surface area (TPSA) is 52.6 Å².